The zero-order chi connectivity index (χ0) is 14.3. The van der Waals surface area contributed by atoms with Crippen molar-refractivity contribution >= 4 is 26.7 Å². The van der Waals surface area contributed by atoms with E-state index < -0.39 is 9.84 Å². The molecule has 0 atom stereocenters. The van der Waals surface area contributed by atoms with E-state index in [1.807, 2.05) is 4.90 Å². The van der Waals surface area contributed by atoms with Crippen LogP contribution in [-0.4, -0.2) is 57.7 Å². The summed E-state index contributed by atoms with van der Waals surface area (Å²) >= 11 is 0. The Hall–Kier alpha value is -1.74. The summed E-state index contributed by atoms with van der Waals surface area (Å²) in [7, 11) is -1.07. The minimum absolute atomic E-state index is 0.191. The molecule has 20 heavy (non-hydrogen) atoms. The van der Waals surface area contributed by atoms with Gasteiger partial charge in [-0.05, 0) is 0 Å². The maximum absolute atomic E-state index is 11.4. The van der Waals surface area contributed by atoms with Crippen molar-refractivity contribution in [1.82, 2.24) is 24.6 Å². The molecule has 3 rings (SSSR count). The fourth-order valence-electron chi connectivity index (χ4n) is 2.27. The average molecular weight is 296 g/mol. The number of aryl methyl sites for hydroxylation is 1. The van der Waals surface area contributed by atoms with Crippen molar-refractivity contribution in [3.05, 3.63) is 12.0 Å². The van der Waals surface area contributed by atoms with Crippen LogP contribution in [0.5, 0.6) is 0 Å². The van der Waals surface area contributed by atoms with Crippen molar-refractivity contribution < 1.29 is 8.42 Å². The molecule has 0 amide bonds. The number of nitrogens with two attached hydrogens (primary N) is 1. The summed E-state index contributed by atoms with van der Waals surface area (Å²) in [6, 6.07) is 0. The monoisotopic (exact) mass is 296 g/mol. The first-order chi connectivity index (χ1) is 9.44. The third kappa shape index (κ3) is 2.46. The fraction of sp³-hybridized carbons (Fsp3) is 0.545. The number of hydrogen-bond acceptors (Lipinski definition) is 7. The van der Waals surface area contributed by atoms with Crippen LogP contribution >= 0.6 is 0 Å². The van der Waals surface area contributed by atoms with E-state index in [4.69, 9.17) is 5.73 Å². The molecule has 0 radical (unpaired) electrons. The number of aromatic nitrogens is 4. The van der Waals surface area contributed by atoms with E-state index in [1.165, 1.54) is 0 Å². The molecule has 1 fully saturated rings. The second-order valence-electron chi connectivity index (χ2n) is 4.96. The largest absolute Gasteiger partial charge is 0.383 e. The van der Waals surface area contributed by atoms with E-state index in [0.29, 0.717) is 36.9 Å². The van der Waals surface area contributed by atoms with Crippen LogP contribution in [0.3, 0.4) is 0 Å². The number of anilines is 1. The molecule has 0 spiro atoms. The molecule has 0 saturated carbocycles. The van der Waals surface area contributed by atoms with E-state index in [1.54, 1.807) is 17.9 Å². The third-order valence-corrected chi connectivity index (χ3v) is 5.08. The van der Waals surface area contributed by atoms with Crippen molar-refractivity contribution in [1.29, 1.82) is 0 Å². The summed E-state index contributed by atoms with van der Waals surface area (Å²) in [5, 5.41) is 4.84. The van der Waals surface area contributed by atoms with Gasteiger partial charge in [-0.2, -0.15) is 5.10 Å². The summed E-state index contributed by atoms with van der Waals surface area (Å²) in [6.45, 7) is 1.52. The van der Waals surface area contributed by atoms with Crippen LogP contribution in [0, 0.1) is 0 Å². The molecule has 3 heterocycles. The van der Waals surface area contributed by atoms with Gasteiger partial charge in [0.15, 0.2) is 15.5 Å². The maximum Gasteiger partial charge on any atom is 0.163 e. The lowest BCUT2D eigenvalue weighted by molar-refractivity contribution is 0.281. The Morgan fingerprint density at radius 3 is 2.70 bits per heavy atom. The summed E-state index contributed by atoms with van der Waals surface area (Å²) in [5.41, 5.74) is 6.59. The van der Waals surface area contributed by atoms with Crippen molar-refractivity contribution in [2.24, 2.45) is 7.05 Å². The minimum atomic E-state index is -2.87. The van der Waals surface area contributed by atoms with Crippen LogP contribution in [0.25, 0.3) is 11.0 Å². The molecule has 2 N–H and O–H groups in total. The van der Waals surface area contributed by atoms with Crippen LogP contribution in [0.4, 0.5) is 5.82 Å². The Labute approximate surface area is 116 Å². The molecule has 0 bridgehead atoms. The highest BCUT2D eigenvalue weighted by atomic mass is 32.2. The smallest absolute Gasteiger partial charge is 0.163 e. The Morgan fingerprint density at radius 2 is 2.00 bits per heavy atom. The molecule has 8 nitrogen and oxygen atoms in total. The van der Waals surface area contributed by atoms with Gasteiger partial charge < -0.3 is 5.73 Å². The molecule has 0 unspecified atom stereocenters. The lowest BCUT2D eigenvalue weighted by atomic mass is 10.3. The van der Waals surface area contributed by atoms with E-state index >= 15 is 0 Å². The van der Waals surface area contributed by atoms with Crippen LogP contribution in [0.1, 0.15) is 5.82 Å². The molecule has 1 aliphatic heterocycles. The Bertz CT molecular complexity index is 740. The molecular formula is C11H16N6O2S. The SMILES string of the molecule is Cn1ncc2c(N)nc(CN3CCS(=O)(=O)CC3)nc21. The van der Waals surface area contributed by atoms with Gasteiger partial charge in [0, 0.05) is 20.1 Å². The number of fused-ring (bicyclic) bond motifs is 1. The van der Waals surface area contributed by atoms with Gasteiger partial charge in [0.25, 0.3) is 0 Å². The van der Waals surface area contributed by atoms with Gasteiger partial charge in [0.05, 0.1) is 29.6 Å². The van der Waals surface area contributed by atoms with E-state index in [0.717, 1.165) is 5.39 Å². The number of rotatable bonds is 2. The summed E-state index contributed by atoms with van der Waals surface area (Å²) in [6.07, 6.45) is 1.64. The van der Waals surface area contributed by atoms with Gasteiger partial charge >= 0.3 is 0 Å². The molecule has 1 saturated heterocycles. The quantitative estimate of drug-likeness (QED) is 0.771. The number of nitrogen functional groups attached to an aromatic ring is 1. The van der Waals surface area contributed by atoms with Crippen LogP contribution in [0.15, 0.2) is 6.20 Å². The highest BCUT2D eigenvalue weighted by Gasteiger charge is 2.22. The van der Waals surface area contributed by atoms with Gasteiger partial charge in [-0.25, -0.2) is 18.4 Å². The van der Waals surface area contributed by atoms with Crippen molar-refractivity contribution in [2.75, 3.05) is 30.3 Å². The number of hydrogen-bond donors (Lipinski definition) is 1. The van der Waals surface area contributed by atoms with Crippen molar-refractivity contribution in [3.63, 3.8) is 0 Å². The van der Waals surface area contributed by atoms with E-state index in [2.05, 4.69) is 15.1 Å². The van der Waals surface area contributed by atoms with E-state index in [9.17, 15) is 8.42 Å². The first-order valence-corrected chi connectivity index (χ1v) is 8.14. The molecule has 2 aromatic heterocycles. The molecule has 2 aromatic rings. The zero-order valence-electron chi connectivity index (χ0n) is 11.2. The topological polar surface area (TPSA) is 107 Å². The molecule has 108 valence electrons. The molecule has 0 aliphatic carbocycles. The highest BCUT2D eigenvalue weighted by molar-refractivity contribution is 7.91. The van der Waals surface area contributed by atoms with Gasteiger partial charge in [-0.1, -0.05) is 0 Å². The van der Waals surface area contributed by atoms with Gasteiger partial charge in [0.1, 0.15) is 11.6 Å². The highest BCUT2D eigenvalue weighted by Crippen LogP contribution is 2.17. The second kappa shape index (κ2) is 4.67. The Morgan fingerprint density at radius 1 is 1.30 bits per heavy atom. The summed E-state index contributed by atoms with van der Waals surface area (Å²) < 4.78 is 24.4. The first kappa shape index (κ1) is 13.3. The Balaban J connectivity index is 1.83. The van der Waals surface area contributed by atoms with Gasteiger partial charge in [-0.15, -0.1) is 0 Å². The van der Waals surface area contributed by atoms with Crippen LogP contribution in [-0.2, 0) is 23.4 Å². The van der Waals surface area contributed by atoms with Gasteiger partial charge in [-0.3, -0.25) is 9.58 Å². The minimum Gasteiger partial charge on any atom is -0.383 e. The molecule has 1 aliphatic rings. The first-order valence-electron chi connectivity index (χ1n) is 6.31. The molecule has 9 heteroatoms. The lowest BCUT2D eigenvalue weighted by Crippen LogP contribution is -2.40. The average Bonchev–Trinajstić information content (AvgIpc) is 2.75. The lowest BCUT2D eigenvalue weighted by Gasteiger charge is -2.25. The standard InChI is InChI=1S/C11H16N6O2S/c1-16-11-8(6-13-16)10(12)14-9(15-11)7-17-2-4-20(18,19)5-3-17/h6H,2-5,7H2,1H3,(H2,12,14,15). The second-order valence-corrected chi connectivity index (χ2v) is 7.26. The predicted octanol–water partition coefficient (Wildman–Crippen LogP) is -0.824. The normalized spacial score (nSPS) is 19.4. The number of nitrogens with zero attached hydrogens (tertiary/aromatic N) is 5. The third-order valence-electron chi connectivity index (χ3n) is 3.47. The van der Waals surface area contributed by atoms with Crippen molar-refractivity contribution in [2.45, 2.75) is 6.54 Å². The van der Waals surface area contributed by atoms with Gasteiger partial charge in [0.2, 0.25) is 0 Å². The zero-order valence-corrected chi connectivity index (χ0v) is 12.0. The Kier molecular flexibility index (Phi) is 3.09. The van der Waals surface area contributed by atoms with E-state index in [-0.39, 0.29) is 11.5 Å². The molecular weight excluding hydrogens is 280 g/mol. The van der Waals surface area contributed by atoms with Crippen molar-refractivity contribution in [3.8, 4) is 0 Å². The van der Waals surface area contributed by atoms with Crippen LogP contribution in [0.2, 0.25) is 0 Å². The maximum atomic E-state index is 11.4. The van der Waals surface area contributed by atoms with Crippen LogP contribution < -0.4 is 5.73 Å². The number of sulfone groups is 1. The summed E-state index contributed by atoms with van der Waals surface area (Å²) in [4.78, 5) is 10.7. The molecule has 0 aromatic carbocycles. The predicted molar refractivity (Wildman–Crippen MR) is 74.6 cm³/mol. The summed E-state index contributed by atoms with van der Waals surface area (Å²) in [5.74, 6) is 1.38. The fourth-order valence-corrected chi connectivity index (χ4v) is 3.55.